The van der Waals surface area contributed by atoms with Gasteiger partial charge in [-0.1, -0.05) is 117 Å². The first-order valence-electron chi connectivity index (χ1n) is 15.0. The number of benzene rings is 6. The normalized spacial score (nSPS) is 13.4. The van der Waals surface area contributed by atoms with E-state index in [0.717, 1.165) is 22.2 Å². The van der Waals surface area contributed by atoms with Crippen LogP contribution in [0, 0.1) is 0 Å². The van der Waals surface area contributed by atoms with Gasteiger partial charge in [-0.15, -0.1) is 0 Å². The van der Waals surface area contributed by atoms with Gasteiger partial charge in [0.2, 0.25) is 5.95 Å². The Kier molecular flexibility index (Phi) is 5.21. The molecule has 0 amide bonds. The van der Waals surface area contributed by atoms with Crippen LogP contribution in [0.2, 0.25) is 0 Å². The third kappa shape index (κ3) is 3.61. The van der Waals surface area contributed by atoms with Crippen LogP contribution in [0.15, 0.2) is 133 Å². The van der Waals surface area contributed by atoms with E-state index in [4.69, 9.17) is 15.0 Å². The van der Waals surface area contributed by atoms with Crippen molar-refractivity contribution < 1.29 is 0 Å². The average molecular weight is 565 g/mol. The van der Waals surface area contributed by atoms with Gasteiger partial charge in [-0.3, -0.25) is 4.57 Å². The summed E-state index contributed by atoms with van der Waals surface area (Å²) in [6.07, 6.45) is 0. The minimum atomic E-state index is -0.0460. The molecule has 0 N–H and O–H groups in total. The van der Waals surface area contributed by atoms with Crippen molar-refractivity contribution in [2.75, 3.05) is 0 Å². The molecule has 2 heterocycles. The van der Waals surface area contributed by atoms with Crippen molar-refractivity contribution in [1.29, 1.82) is 0 Å². The second-order valence-corrected chi connectivity index (χ2v) is 12.2. The van der Waals surface area contributed by atoms with Gasteiger partial charge in [-0.2, -0.15) is 9.97 Å². The fourth-order valence-electron chi connectivity index (χ4n) is 7.03. The molecule has 8 aromatic rings. The van der Waals surface area contributed by atoms with E-state index in [1.54, 1.807) is 0 Å². The third-order valence-corrected chi connectivity index (χ3v) is 9.22. The predicted molar refractivity (Wildman–Crippen MR) is 180 cm³/mol. The molecule has 1 aliphatic rings. The maximum Gasteiger partial charge on any atom is 0.238 e. The minimum Gasteiger partial charge on any atom is -0.278 e. The summed E-state index contributed by atoms with van der Waals surface area (Å²) in [5.74, 6) is 1.91. The van der Waals surface area contributed by atoms with Crippen molar-refractivity contribution in [1.82, 2.24) is 19.5 Å². The van der Waals surface area contributed by atoms with Crippen LogP contribution in [0.1, 0.15) is 25.0 Å². The quantitative estimate of drug-likeness (QED) is 0.215. The summed E-state index contributed by atoms with van der Waals surface area (Å²) in [6.45, 7) is 4.67. The summed E-state index contributed by atoms with van der Waals surface area (Å²) in [4.78, 5) is 15.1. The summed E-state index contributed by atoms with van der Waals surface area (Å²) in [5.41, 5.74) is 9.42. The second kappa shape index (κ2) is 9.19. The lowest BCUT2D eigenvalue weighted by Gasteiger charge is -2.21. The molecular weight excluding hydrogens is 536 g/mol. The molecule has 208 valence electrons. The molecule has 0 fully saturated rings. The summed E-state index contributed by atoms with van der Waals surface area (Å²) in [7, 11) is 0. The van der Waals surface area contributed by atoms with Crippen molar-refractivity contribution >= 4 is 32.6 Å². The van der Waals surface area contributed by atoms with Gasteiger partial charge in [-0.25, -0.2) is 4.98 Å². The zero-order chi connectivity index (χ0) is 29.4. The van der Waals surface area contributed by atoms with Gasteiger partial charge in [0.05, 0.1) is 11.0 Å². The number of aromatic nitrogens is 4. The Morgan fingerprint density at radius 3 is 1.82 bits per heavy atom. The molecule has 1 aliphatic carbocycles. The van der Waals surface area contributed by atoms with Gasteiger partial charge in [0.15, 0.2) is 11.6 Å². The Labute approximate surface area is 255 Å². The van der Waals surface area contributed by atoms with E-state index in [0.29, 0.717) is 17.6 Å². The summed E-state index contributed by atoms with van der Waals surface area (Å²) in [5, 5.41) is 4.80. The Bertz CT molecular complexity index is 2350. The molecule has 6 aromatic carbocycles. The number of hydrogen-bond donors (Lipinski definition) is 0. The van der Waals surface area contributed by atoms with E-state index in [9.17, 15) is 0 Å². The molecule has 0 atom stereocenters. The van der Waals surface area contributed by atoms with Crippen molar-refractivity contribution in [3.05, 3.63) is 145 Å². The van der Waals surface area contributed by atoms with Crippen LogP contribution in [-0.2, 0) is 5.41 Å². The molecule has 0 unspecified atom stereocenters. The highest BCUT2D eigenvalue weighted by Crippen LogP contribution is 2.50. The number of fused-ring (bicyclic) bond motifs is 7. The Morgan fingerprint density at radius 2 is 1.09 bits per heavy atom. The topological polar surface area (TPSA) is 43.6 Å². The molecule has 0 bridgehead atoms. The molecule has 0 aliphatic heterocycles. The standard InChI is InChI=1S/C40H28N4/c1-40(2)33-19-11-9-17-29(33)31-21-28-24-36-32(22-27(28)23-34(31)40)30-18-10-12-20-35(30)44(36)39-42-37(25-13-5-3-6-14-25)41-38(43-39)26-15-7-4-8-16-26/h3-24H,1-2H3. The van der Waals surface area contributed by atoms with Crippen LogP contribution >= 0.6 is 0 Å². The Morgan fingerprint density at radius 1 is 0.477 bits per heavy atom. The molecule has 0 spiro atoms. The molecular formula is C40H28N4. The largest absolute Gasteiger partial charge is 0.278 e. The summed E-state index contributed by atoms with van der Waals surface area (Å²) in [6, 6.07) is 47.1. The Balaban J connectivity index is 1.35. The van der Waals surface area contributed by atoms with Crippen LogP contribution in [0.4, 0.5) is 0 Å². The van der Waals surface area contributed by atoms with Gasteiger partial charge in [0.25, 0.3) is 0 Å². The third-order valence-electron chi connectivity index (χ3n) is 9.22. The van der Waals surface area contributed by atoms with E-state index in [2.05, 4.69) is 91.2 Å². The lowest BCUT2D eigenvalue weighted by Crippen LogP contribution is -2.14. The molecule has 9 rings (SSSR count). The highest BCUT2D eigenvalue weighted by Gasteiger charge is 2.35. The van der Waals surface area contributed by atoms with E-state index in [1.807, 2.05) is 60.7 Å². The van der Waals surface area contributed by atoms with E-state index >= 15 is 0 Å². The van der Waals surface area contributed by atoms with Gasteiger partial charge >= 0.3 is 0 Å². The average Bonchev–Trinajstić information content (AvgIpc) is 3.51. The number of nitrogens with zero attached hydrogens (tertiary/aromatic N) is 4. The predicted octanol–water partition coefficient (Wildman–Crippen LogP) is 9.76. The van der Waals surface area contributed by atoms with Crippen LogP contribution in [-0.4, -0.2) is 19.5 Å². The maximum absolute atomic E-state index is 5.10. The van der Waals surface area contributed by atoms with Crippen LogP contribution in [0.5, 0.6) is 0 Å². The zero-order valence-corrected chi connectivity index (χ0v) is 24.5. The Hall–Kier alpha value is -5.61. The summed E-state index contributed by atoms with van der Waals surface area (Å²) >= 11 is 0. The van der Waals surface area contributed by atoms with Crippen molar-refractivity contribution in [3.8, 4) is 39.9 Å². The monoisotopic (exact) mass is 564 g/mol. The SMILES string of the molecule is CC1(C)c2ccccc2-c2cc3cc4c(cc3cc21)c1ccccc1n4-c1nc(-c2ccccc2)nc(-c2ccccc2)n1. The summed E-state index contributed by atoms with van der Waals surface area (Å²) < 4.78 is 2.20. The van der Waals surface area contributed by atoms with Gasteiger partial charge < -0.3 is 0 Å². The van der Waals surface area contributed by atoms with Crippen molar-refractivity contribution in [3.63, 3.8) is 0 Å². The van der Waals surface area contributed by atoms with Crippen LogP contribution in [0.3, 0.4) is 0 Å². The zero-order valence-electron chi connectivity index (χ0n) is 24.5. The van der Waals surface area contributed by atoms with Crippen molar-refractivity contribution in [2.24, 2.45) is 0 Å². The highest BCUT2D eigenvalue weighted by molar-refractivity contribution is 6.14. The fourth-order valence-corrected chi connectivity index (χ4v) is 7.03. The molecule has 0 saturated carbocycles. The number of rotatable bonds is 3. The first-order chi connectivity index (χ1) is 21.6. The lowest BCUT2D eigenvalue weighted by molar-refractivity contribution is 0.661. The van der Waals surface area contributed by atoms with Crippen LogP contribution < -0.4 is 0 Å². The molecule has 4 nitrogen and oxygen atoms in total. The van der Waals surface area contributed by atoms with Gasteiger partial charge in [0, 0.05) is 27.3 Å². The second-order valence-electron chi connectivity index (χ2n) is 12.2. The lowest BCUT2D eigenvalue weighted by atomic mass is 9.82. The van der Waals surface area contributed by atoms with Crippen molar-refractivity contribution in [2.45, 2.75) is 19.3 Å². The maximum atomic E-state index is 5.10. The van der Waals surface area contributed by atoms with Crippen LogP contribution in [0.25, 0.3) is 72.4 Å². The molecule has 0 radical (unpaired) electrons. The first-order valence-corrected chi connectivity index (χ1v) is 15.0. The highest BCUT2D eigenvalue weighted by atomic mass is 15.2. The van der Waals surface area contributed by atoms with Gasteiger partial charge in [0.1, 0.15) is 0 Å². The molecule has 0 saturated heterocycles. The molecule has 4 heteroatoms. The molecule has 44 heavy (non-hydrogen) atoms. The molecule has 2 aromatic heterocycles. The smallest absolute Gasteiger partial charge is 0.238 e. The first kappa shape index (κ1) is 24.9. The number of hydrogen-bond acceptors (Lipinski definition) is 3. The minimum absolute atomic E-state index is 0.0460. The number of para-hydroxylation sites is 1. The fraction of sp³-hybridized carbons (Fsp3) is 0.0750. The van der Waals surface area contributed by atoms with E-state index in [1.165, 1.54) is 43.8 Å². The van der Waals surface area contributed by atoms with E-state index < -0.39 is 0 Å². The van der Waals surface area contributed by atoms with Gasteiger partial charge in [-0.05, 0) is 63.4 Å². The van der Waals surface area contributed by atoms with E-state index in [-0.39, 0.29) is 5.41 Å².